The SMILES string of the molecule is COC(=O)N1CCC2(c3ccc4c(c3)OCO4)CC(=O)CC=C12. The Morgan fingerprint density at radius 3 is 2.96 bits per heavy atom. The van der Waals surface area contributed by atoms with Gasteiger partial charge in [-0.3, -0.25) is 9.69 Å². The molecular formula is C17H17NO5. The van der Waals surface area contributed by atoms with Crippen LogP contribution in [0.1, 0.15) is 24.8 Å². The minimum Gasteiger partial charge on any atom is -0.454 e. The number of carbonyl (C=O) groups is 2. The lowest BCUT2D eigenvalue weighted by Crippen LogP contribution is -2.36. The third kappa shape index (κ3) is 2.01. The van der Waals surface area contributed by atoms with Gasteiger partial charge in [-0.2, -0.15) is 0 Å². The van der Waals surface area contributed by atoms with Crippen molar-refractivity contribution in [2.75, 3.05) is 20.4 Å². The fourth-order valence-corrected chi connectivity index (χ4v) is 3.80. The summed E-state index contributed by atoms with van der Waals surface area (Å²) >= 11 is 0. The molecule has 1 atom stereocenters. The van der Waals surface area contributed by atoms with Crippen LogP contribution in [0, 0.1) is 0 Å². The van der Waals surface area contributed by atoms with E-state index in [-0.39, 0.29) is 18.7 Å². The van der Waals surface area contributed by atoms with Gasteiger partial charge in [-0.15, -0.1) is 0 Å². The Morgan fingerprint density at radius 1 is 1.30 bits per heavy atom. The molecule has 23 heavy (non-hydrogen) atoms. The van der Waals surface area contributed by atoms with Crippen LogP contribution in [-0.4, -0.2) is 37.2 Å². The van der Waals surface area contributed by atoms with Crippen molar-refractivity contribution in [3.8, 4) is 11.5 Å². The van der Waals surface area contributed by atoms with E-state index in [9.17, 15) is 9.59 Å². The maximum absolute atomic E-state index is 12.1. The summed E-state index contributed by atoms with van der Waals surface area (Å²) in [7, 11) is 1.37. The van der Waals surface area contributed by atoms with E-state index < -0.39 is 5.41 Å². The predicted molar refractivity (Wildman–Crippen MR) is 80.3 cm³/mol. The van der Waals surface area contributed by atoms with Crippen LogP contribution in [0.3, 0.4) is 0 Å². The van der Waals surface area contributed by atoms with Crippen molar-refractivity contribution < 1.29 is 23.8 Å². The van der Waals surface area contributed by atoms with E-state index in [0.717, 1.165) is 11.3 Å². The number of nitrogens with zero attached hydrogens (tertiary/aromatic N) is 1. The maximum atomic E-state index is 12.1. The number of benzene rings is 1. The number of fused-ring (bicyclic) bond motifs is 2. The second kappa shape index (κ2) is 5.01. The van der Waals surface area contributed by atoms with Crippen molar-refractivity contribution in [1.29, 1.82) is 0 Å². The zero-order valence-corrected chi connectivity index (χ0v) is 12.8. The standard InChI is InChI=1S/C17H17NO5/c1-21-16(20)18-7-6-17(9-12(19)3-5-15(17)18)11-2-4-13-14(8-11)23-10-22-13/h2,4-5,8H,3,6-7,9-10H2,1H3. The number of rotatable bonds is 1. The lowest BCUT2D eigenvalue weighted by atomic mass is 9.70. The first-order valence-corrected chi connectivity index (χ1v) is 7.62. The van der Waals surface area contributed by atoms with E-state index >= 15 is 0 Å². The van der Waals surface area contributed by atoms with Crippen molar-refractivity contribution in [1.82, 2.24) is 4.90 Å². The second-order valence-corrected chi connectivity index (χ2v) is 6.03. The molecule has 1 fully saturated rings. The summed E-state index contributed by atoms with van der Waals surface area (Å²) in [5, 5.41) is 0. The third-order valence-corrected chi connectivity index (χ3v) is 4.89. The Balaban J connectivity index is 1.80. The van der Waals surface area contributed by atoms with Gasteiger partial charge in [-0.05, 0) is 24.1 Å². The first kappa shape index (κ1) is 14.1. The topological polar surface area (TPSA) is 65.1 Å². The van der Waals surface area contributed by atoms with Gasteiger partial charge in [-0.1, -0.05) is 12.1 Å². The summed E-state index contributed by atoms with van der Waals surface area (Å²) in [5.74, 6) is 1.57. The molecule has 1 amide bonds. The average molecular weight is 315 g/mol. The first-order chi connectivity index (χ1) is 11.1. The van der Waals surface area contributed by atoms with Crippen molar-refractivity contribution in [3.05, 3.63) is 35.5 Å². The third-order valence-electron chi connectivity index (χ3n) is 4.89. The zero-order valence-electron chi connectivity index (χ0n) is 12.8. The highest BCUT2D eigenvalue weighted by Crippen LogP contribution is 2.50. The number of amides is 1. The summed E-state index contributed by atoms with van der Waals surface area (Å²) in [6, 6.07) is 5.75. The molecule has 0 radical (unpaired) electrons. The molecule has 6 heteroatoms. The molecule has 0 N–H and O–H groups in total. The van der Waals surface area contributed by atoms with Crippen LogP contribution in [0.25, 0.3) is 0 Å². The van der Waals surface area contributed by atoms with Crippen LogP contribution in [0.5, 0.6) is 11.5 Å². The van der Waals surface area contributed by atoms with E-state index in [1.54, 1.807) is 4.90 Å². The number of ketones is 1. The van der Waals surface area contributed by atoms with Gasteiger partial charge >= 0.3 is 6.09 Å². The number of ether oxygens (including phenoxy) is 3. The van der Waals surface area contributed by atoms with Gasteiger partial charge in [0.15, 0.2) is 11.5 Å². The molecule has 3 aliphatic rings. The minimum absolute atomic E-state index is 0.179. The van der Waals surface area contributed by atoms with Crippen molar-refractivity contribution in [2.45, 2.75) is 24.7 Å². The smallest absolute Gasteiger partial charge is 0.413 e. The number of methoxy groups -OCH3 is 1. The first-order valence-electron chi connectivity index (χ1n) is 7.62. The van der Waals surface area contributed by atoms with Gasteiger partial charge in [0.25, 0.3) is 0 Å². The van der Waals surface area contributed by atoms with Crippen LogP contribution in [-0.2, 0) is 14.9 Å². The van der Waals surface area contributed by atoms with Crippen LogP contribution >= 0.6 is 0 Å². The summed E-state index contributed by atoms with van der Waals surface area (Å²) in [6.07, 6.45) is 2.93. The van der Waals surface area contributed by atoms with Crippen LogP contribution in [0.4, 0.5) is 4.79 Å². The Bertz CT molecular complexity index is 726. The van der Waals surface area contributed by atoms with Crippen molar-refractivity contribution in [3.63, 3.8) is 0 Å². The number of likely N-dealkylation sites (tertiary alicyclic amines) is 1. The number of allylic oxidation sites excluding steroid dienone is 2. The van der Waals surface area contributed by atoms with Crippen molar-refractivity contribution >= 4 is 11.9 Å². The van der Waals surface area contributed by atoms with Crippen LogP contribution in [0.15, 0.2) is 30.0 Å². The average Bonchev–Trinajstić information content (AvgIpc) is 3.17. The van der Waals surface area contributed by atoms with E-state index in [2.05, 4.69) is 0 Å². The van der Waals surface area contributed by atoms with E-state index in [1.807, 2.05) is 24.3 Å². The summed E-state index contributed by atoms with van der Waals surface area (Å²) in [5.41, 5.74) is 1.36. The molecule has 0 aromatic heterocycles. The van der Waals surface area contributed by atoms with Crippen LogP contribution in [0.2, 0.25) is 0 Å². The monoisotopic (exact) mass is 315 g/mol. The quantitative estimate of drug-likeness (QED) is 0.796. The molecule has 1 unspecified atom stereocenters. The summed E-state index contributed by atoms with van der Waals surface area (Å²) in [4.78, 5) is 25.8. The largest absolute Gasteiger partial charge is 0.454 e. The molecule has 120 valence electrons. The second-order valence-electron chi connectivity index (χ2n) is 6.03. The molecule has 1 aliphatic carbocycles. The lowest BCUT2D eigenvalue weighted by Gasteiger charge is -2.34. The highest BCUT2D eigenvalue weighted by atomic mass is 16.7. The van der Waals surface area contributed by atoms with Gasteiger partial charge < -0.3 is 14.2 Å². The Hall–Kier alpha value is -2.50. The zero-order chi connectivity index (χ0) is 16.0. The molecule has 1 saturated heterocycles. The normalized spacial score (nSPS) is 25.2. The molecule has 0 saturated carbocycles. The molecule has 0 spiro atoms. The molecule has 1 aromatic rings. The lowest BCUT2D eigenvalue weighted by molar-refractivity contribution is -0.119. The van der Waals surface area contributed by atoms with Crippen LogP contribution < -0.4 is 9.47 Å². The molecule has 4 rings (SSSR count). The fourth-order valence-electron chi connectivity index (χ4n) is 3.80. The highest BCUT2D eigenvalue weighted by molar-refractivity contribution is 5.85. The van der Waals surface area contributed by atoms with Gasteiger partial charge in [0, 0.05) is 30.5 Å². The fraction of sp³-hybridized carbons (Fsp3) is 0.412. The molecule has 2 aliphatic heterocycles. The van der Waals surface area contributed by atoms with E-state index in [1.165, 1.54) is 7.11 Å². The van der Waals surface area contributed by atoms with Gasteiger partial charge in [0.05, 0.1) is 7.11 Å². The number of hydrogen-bond donors (Lipinski definition) is 0. The Labute approximate surface area is 133 Å². The van der Waals surface area contributed by atoms with Gasteiger partial charge in [-0.25, -0.2) is 4.79 Å². The Morgan fingerprint density at radius 2 is 2.13 bits per heavy atom. The molecule has 2 heterocycles. The molecule has 0 bridgehead atoms. The highest BCUT2D eigenvalue weighted by Gasteiger charge is 2.49. The number of hydrogen-bond acceptors (Lipinski definition) is 5. The number of carbonyl (C=O) groups excluding carboxylic acids is 2. The van der Waals surface area contributed by atoms with Gasteiger partial charge in [0.1, 0.15) is 5.78 Å². The predicted octanol–water partition coefficient (Wildman–Crippen LogP) is 2.37. The van der Waals surface area contributed by atoms with E-state index in [4.69, 9.17) is 14.2 Å². The summed E-state index contributed by atoms with van der Waals surface area (Å²) in [6.45, 7) is 0.752. The summed E-state index contributed by atoms with van der Waals surface area (Å²) < 4.78 is 15.7. The molecule has 1 aromatic carbocycles. The molecule has 6 nitrogen and oxygen atoms in total. The minimum atomic E-state index is -0.482. The van der Waals surface area contributed by atoms with Gasteiger partial charge in [0.2, 0.25) is 6.79 Å². The van der Waals surface area contributed by atoms with E-state index in [0.29, 0.717) is 37.3 Å². The maximum Gasteiger partial charge on any atom is 0.413 e. The van der Waals surface area contributed by atoms with Crippen molar-refractivity contribution in [2.24, 2.45) is 0 Å². The number of Topliss-reactive ketones (excluding diaryl/α,β-unsaturated/α-hetero) is 1. The molecular weight excluding hydrogens is 298 g/mol. The Kier molecular flexibility index (Phi) is 3.07.